The van der Waals surface area contributed by atoms with Crippen LogP contribution in [-0.4, -0.2) is 40.7 Å². The van der Waals surface area contributed by atoms with Gasteiger partial charge in [-0.1, -0.05) is 0 Å². The highest BCUT2D eigenvalue weighted by Gasteiger charge is 2.40. The molecular weight excluding hydrogens is 336 g/mol. The number of phenolic OH excluding ortho intramolecular Hbond substituents is 2. The molecule has 2 aromatic carbocycles. The number of likely N-dealkylation sites (N-methyl/N-ethyl adjacent to an activating group) is 1. The van der Waals surface area contributed by atoms with Gasteiger partial charge in [-0.25, -0.2) is 0 Å². The second-order valence-corrected chi connectivity index (χ2v) is 7.00. The maximum atomic E-state index is 11.7. The van der Waals surface area contributed by atoms with Crippen molar-refractivity contribution < 1.29 is 19.9 Å². The predicted molar refractivity (Wildman–Crippen MR) is 95.9 cm³/mol. The number of hydrogen-bond acceptors (Lipinski definition) is 6. The smallest absolute Gasteiger partial charge is 0.314 e. The fraction of sp³-hybridized carbons (Fsp3) is 0.368. The standard InChI is InChI=1S/C19H20N2O5/c1-9-6-11-12(17(18(9)23)21(24)25)8-13-15-10(4-5-20(13)2)7-14(22)19(26-3)16(11)15/h6-7,13,22-23H,4-5,8H2,1-3H3. The van der Waals surface area contributed by atoms with E-state index in [1.807, 2.05) is 7.05 Å². The third-order valence-electron chi connectivity index (χ3n) is 5.61. The summed E-state index contributed by atoms with van der Waals surface area (Å²) in [5.74, 6) is 0.0603. The molecule has 0 spiro atoms. The van der Waals surface area contributed by atoms with E-state index >= 15 is 0 Å². The lowest BCUT2D eigenvalue weighted by Gasteiger charge is -2.40. The number of nitro benzene ring substituents is 1. The molecule has 0 amide bonds. The second-order valence-electron chi connectivity index (χ2n) is 7.00. The van der Waals surface area contributed by atoms with Crippen molar-refractivity contribution in [3.05, 3.63) is 44.5 Å². The minimum absolute atomic E-state index is 0.0331. The topological polar surface area (TPSA) is 96.1 Å². The quantitative estimate of drug-likeness (QED) is 0.634. The van der Waals surface area contributed by atoms with Gasteiger partial charge in [0.2, 0.25) is 0 Å². The average Bonchev–Trinajstić information content (AvgIpc) is 2.59. The lowest BCUT2D eigenvalue weighted by molar-refractivity contribution is -0.386. The van der Waals surface area contributed by atoms with Crippen molar-refractivity contribution in [3.8, 4) is 28.4 Å². The van der Waals surface area contributed by atoms with E-state index in [0.717, 1.165) is 24.1 Å². The molecule has 2 N–H and O–H groups in total. The monoisotopic (exact) mass is 356 g/mol. The molecule has 136 valence electrons. The minimum atomic E-state index is -0.523. The van der Waals surface area contributed by atoms with Crippen molar-refractivity contribution in [1.29, 1.82) is 0 Å². The van der Waals surface area contributed by atoms with Crippen LogP contribution in [0.1, 0.15) is 28.3 Å². The fourth-order valence-electron chi connectivity index (χ4n) is 4.36. The van der Waals surface area contributed by atoms with Crippen molar-refractivity contribution in [2.75, 3.05) is 20.7 Å². The van der Waals surface area contributed by atoms with Gasteiger partial charge in [-0.05, 0) is 61.2 Å². The number of hydrogen-bond donors (Lipinski definition) is 2. The third-order valence-corrected chi connectivity index (χ3v) is 5.61. The van der Waals surface area contributed by atoms with E-state index in [2.05, 4.69) is 4.90 Å². The largest absolute Gasteiger partial charge is 0.504 e. The molecule has 1 unspecified atom stereocenters. The number of fused-ring (bicyclic) bond motifs is 2. The van der Waals surface area contributed by atoms with E-state index in [1.165, 1.54) is 7.11 Å². The molecule has 1 heterocycles. The van der Waals surface area contributed by atoms with Gasteiger partial charge in [0.1, 0.15) is 0 Å². The normalized spacial score (nSPS) is 18.2. The molecule has 7 heteroatoms. The summed E-state index contributed by atoms with van der Waals surface area (Å²) in [5.41, 5.74) is 4.11. The van der Waals surface area contributed by atoms with E-state index in [4.69, 9.17) is 4.74 Å². The first-order valence-electron chi connectivity index (χ1n) is 8.48. The van der Waals surface area contributed by atoms with Crippen molar-refractivity contribution in [3.63, 3.8) is 0 Å². The Labute approximate surface area is 150 Å². The molecule has 4 rings (SSSR count). The Balaban J connectivity index is 2.16. The summed E-state index contributed by atoms with van der Waals surface area (Å²) in [5, 5.41) is 32.5. The Morgan fingerprint density at radius 3 is 2.73 bits per heavy atom. The molecule has 0 radical (unpaired) electrons. The summed E-state index contributed by atoms with van der Waals surface area (Å²) in [6, 6.07) is 3.43. The summed E-state index contributed by atoms with van der Waals surface area (Å²) in [6.07, 6.45) is 1.23. The predicted octanol–water partition coefficient (Wildman–Crippen LogP) is 3.08. The highest BCUT2D eigenvalue weighted by Crippen LogP contribution is 2.55. The van der Waals surface area contributed by atoms with Crippen molar-refractivity contribution in [1.82, 2.24) is 4.90 Å². The van der Waals surface area contributed by atoms with Crippen LogP contribution in [-0.2, 0) is 12.8 Å². The van der Waals surface area contributed by atoms with E-state index in [0.29, 0.717) is 34.4 Å². The van der Waals surface area contributed by atoms with Crippen molar-refractivity contribution in [2.24, 2.45) is 0 Å². The molecule has 26 heavy (non-hydrogen) atoms. The molecule has 0 aromatic heterocycles. The summed E-state index contributed by atoms with van der Waals surface area (Å²) < 4.78 is 5.48. The Morgan fingerprint density at radius 2 is 2.08 bits per heavy atom. The Bertz CT molecular complexity index is 954. The SMILES string of the molecule is COc1c(O)cc2c3c1-c1cc(C)c(O)c([N+](=O)[O-])c1CC3N(C)CC2. The van der Waals surface area contributed by atoms with Crippen LogP contribution >= 0.6 is 0 Å². The van der Waals surface area contributed by atoms with E-state index in [9.17, 15) is 20.3 Å². The van der Waals surface area contributed by atoms with Crippen LogP contribution in [0.2, 0.25) is 0 Å². The van der Waals surface area contributed by atoms with Crippen LogP contribution < -0.4 is 4.74 Å². The number of rotatable bonds is 2. The maximum absolute atomic E-state index is 11.7. The molecular formula is C19H20N2O5. The zero-order valence-electron chi connectivity index (χ0n) is 14.9. The lowest BCUT2D eigenvalue weighted by Crippen LogP contribution is -2.36. The Hall–Kier alpha value is -2.80. The zero-order valence-corrected chi connectivity index (χ0v) is 14.9. The molecule has 0 fully saturated rings. The van der Waals surface area contributed by atoms with Gasteiger partial charge < -0.3 is 14.9 Å². The lowest BCUT2D eigenvalue weighted by atomic mass is 9.75. The van der Waals surface area contributed by atoms with Gasteiger partial charge >= 0.3 is 5.69 Å². The van der Waals surface area contributed by atoms with Gasteiger partial charge in [0.25, 0.3) is 0 Å². The number of nitro groups is 1. The molecule has 0 saturated heterocycles. The Morgan fingerprint density at radius 1 is 1.35 bits per heavy atom. The van der Waals surface area contributed by atoms with E-state index in [-0.39, 0.29) is 23.2 Å². The van der Waals surface area contributed by atoms with Crippen LogP contribution in [0, 0.1) is 17.0 Å². The van der Waals surface area contributed by atoms with E-state index in [1.54, 1.807) is 19.1 Å². The number of aryl methyl sites for hydroxylation is 1. The van der Waals surface area contributed by atoms with Gasteiger partial charge in [0.05, 0.1) is 12.0 Å². The van der Waals surface area contributed by atoms with Crippen molar-refractivity contribution >= 4 is 5.69 Å². The molecule has 1 atom stereocenters. The van der Waals surface area contributed by atoms with Gasteiger partial charge in [0, 0.05) is 23.7 Å². The number of aromatic hydroxyl groups is 2. The number of phenols is 2. The molecule has 1 aliphatic heterocycles. The third kappa shape index (κ3) is 2.10. The fourth-order valence-corrected chi connectivity index (χ4v) is 4.36. The first-order valence-corrected chi connectivity index (χ1v) is 8.48. The minimum Gasteiger partial charge on any atom is -0.504 e. The summed E-state index contributed by atoms with van der Waals surface area (Å²) >= 11 is 0. The van der Waals surface area contributed by atoms with Crippen LogP contribution in [0.15, 0.2) is 12.1 Å². The Kier molecular flexibility index (Phi) is 3.59. The molecule has 7 nitrogen and oxygen atoms in total. The summed E-state index contributed by atoms with van der Waals surface area (Å²) in [7, 11) is 3.47. The van der Waals surface area contributed by atoms with Crippen molar-refractivity contribution in [2.45, 2.75) is 25.8 Å². The highest BCUT2D eigenvalue weighted by atomic mass is 16.6. The molecule has 2 aromatic rings. The molecule has 0 saturated carbocycles. The van der Waals surface area contributed by atoms with Gasteiger partial charge in [-0.15, -0.1) is 0 Å². The van der Waals surface area contributed by atoms with Crippen LogP contribution in [0.4, 0.5) is 5.69 Å². The van der Waals surface area contributed by atoms with Gasteiger partial charge in [0.15, 0.2) is 17.2 Å². The van der Waals surface area contributed by atoms with Gasteiger partial charge in [-0.3, -0.25) is 15.0 Å². The second kappa shape index (κ2) is 5.60. The number of ether oxygens (including phenoxy) is 1. The molecule has 0 bridgehead atoms. The average molecular weight is 356 g/mol. The van der Waals surface area contributed by atoms with Crippen LogP contribution in [0.25, 0.3) is 11.1 Å². The summed E-state index contributed by atoms with van der Waals surface area (Å²) in [4.78, 5) is 13.3. The van der Waals surface area contributed by atoms with Crippen LogP contribution in [0.3, 0.4) is 0 Å². The summed E-state index contributed by atoms with van der Waals surface area (Å²) in [6.45, 7) is 2.44. The highest BCUT2D eigenvalue weighted by molar-refractivity contribution is 5.87. The zero-order chi connectivity index (χ0) is 18.7. The first-order chi connectivity index (χ1) is 12.3. The number of nitrogens with zero attached hydrogens (tertiary/aromatic N) is 2. The van der Waals surface area contributed by atoms with E-state index < -0.39 is 4.92 Å². The number of methoxy groups -OCH3 is 1. The van der Waals surface area contributed by atoms with Crippen LogP contribution in [0.5, 0.6) is 17.2 Å². The maximum Gasteiger partial charge on any atom is 0.314 e. The molecule has 1 aliphatic carbocycles. The first kappa shape index (κ1) is 16.7. The van der Waals surface area contributed by atoms with Gasteiger partial charge in [-0.2, -0.15) is 0 Å². The molecule has 2 aliphatic rings. The number of benzene rings is 2.